The van der Waals surface area contributed by atoms with Crippen LogP contribution in [0.3, 0.4) is 0 Å². The van der Waals surface area contributed by atoms with Gasteiger partial charge in [0.15, 0.2) is 0 Å². The van der Waals surface area contributed by atoms with Gasteiger partial charge in [0.25, 0.3) is 0 Å². The van der Waals surface area contributed by atoms with Crippen LogP contribution in [-0.2, 0) is 19.4 Å². The van der Waals surface area contributed by atoms with E-state index in [2.05, 4.69) is 33.5 Å². The van der Waals surface area contributed by atoms with Crippen molar-refractivity contribution in [2.75, 3.05) is 13.7 Å². The summed E-state index contributed by atoms with van der Waals surface area (Å²) in [6.07, 6.45) is 2.30. The molecule has 0 unspecified atom stereocenters. The Morgan fingerprint density at radius 3 is 3.18 bits per heavy atom. The highest BCUT2D eigenvalue weighted by atomic mass is 32.1. The maximum absolute atomic E-state index is 5.41. The predicted octanol–water partition coefficient (Wildman–Crippen LogP) is 3.89. The van der Waals surface area contributed by atoms with Crippen molar-refractivity contribution in [1.29, 1.82) is 0 Å². The Hall–Kier alpha value is -1.78. The molecule has 3 nitrogen and oxygen atoms in total. The van der Waals surface area contributed by atoms with Crippen LogP contribution in [0.1, 0.15) is 27.7 Å². The highest BCUT2D eigenvalue weighted by Crippen LogP contribution is 2.42. The molecule has 112 valence electrons. The number of aromatic nitrogens is 1. The third-order valence-corrected chi connectivity index (χ3v) is 6.16. The molecule has 2 aliphatic rings. The minimum atomic E-state index is 0.549. The molecule has 1 aromatic carbocycles. The van der Waals surface area contributed by atoms with Gasteiger partial charge in [0.1, 0.15) is 5.75 Å². The van der Waals surface area contributed by atoms with E-state index in [-0.39, 0.29) is 0 Å². The minimum absolute atomic E-state index is 0.549. The maximum atomic E-state index is 5.41. The molecule has 0 saturated carbocycles. The first kappa shape index (κ1) is 12.7. The Morgan fingerprint density at radius 2 is 2.27 bits per heavy atom. The lowest BCUT2D eigenvalue weighted by Gasteiger charge is -2.39. The van der Waals surface area contributed by atoms with Gasteiger partial charge in [0.2, 0.25) is 0 Å². The molecule has 3 aromatic rings. The van der Waals surface area contributed by atoms with Crippen molar-refractivity contribution in [3.05, 3.63) is 51.3 Å². The first-order valence-electron chi connectivity index (χ1n) is 7.81. The molecule has 0 bridgehead atoms. The van der Waals surface area contributed by atoms with Crippen molar-refractivity contribution >= 4 is 22.2 Å². The van der Waals surface area contributed by atoms with Crippen molar-refractivity contribution in [3.63, 3.8) is 0 Å². The lowest BCUT2D eigenvalue weighted by Crippen LogP contribution is -2.38. The van der Waals surface area contributed by atoms with Gasteiger partial charge < -0.3 is 9.72 Å². The third kappa shape index (κ3) is 1.71. The SMILES string of the molecule is COc1ccc2[nH]c3c(c2c1)C[C@@H]1c2ccsc2CCN1C3. The fraction of sp³-hybridized carbons (Fsp3) is 0.333. The summed E-state index contributed by atoms with van der Waals surface area (Å²) in [5.41, 5.74) is 5.66. The van der Waals surface area contributed by atoms with E-state index in [0.29, 0.717) is 6.04 Å². The van der Waals surface area contributed by atoms with E-state index in [0.717, 1.165) is 18.7 Å². The zero-order chi connectivity index (χ0) is 14.7. The van der Waals surface area contributed by atoms with Crippen LogP contribution in [-0.4, -0.2) is 23.5 Å². The average Bonchev–Trinajstić information content (AvgIpc) is 3.16. The number of benzene rings is 1. The minimum Gasteiger partial charge on any atom is -0.497 e. The van der Waals surface area contributed by atoms with Gasteiger partial charge in [-0.15, -0.1) is 11.3 Å². The van der Waals surface area contributed by atoms with Gasteiger partial charge in [-0.3, -0.25) is 4.90 Å². The summed E-state index contributed by atoms with van der Waals surface area (Å²) in [6, 6.07) is 9.23. The highest BCUT2D eigenvalue weighted by molar-refractivity contribution is 7.10. The molecule has 1 N–H and O–H groups in total. The van der Waals surface area contributed by atoms with E-state index in [1.165, 1.54) is 35.1 Å². The van der Waals surface area contributed by atoms with Gasteiger partial charge in [-0.25, -0.2) is 0 Å². The van der Waals surface area contributed by atoms with Gasteiger partial charge in [0, 0.05) is 40.6 Å². The predicted molar refractivity (Wildman–Crippen MR) is 89.7 cm³/mol. The summed E-state index contributed by atoms with van der Waals surface area (Å²) in [6.45, 7) is 2.21. The molecule has 0 amide bonds. The Morgan fingerprint density at radius 1 is 1.32 bits per heavy atom. The Balaban J connectivity index is 1.65. The van der Waals surface area contributed by atoms with Crippen LogP contribution < -0.4 is 4.74 Å². The van der Waals surface area contributed by atoms with E-state index in [9.17, 15) is 0 Å². The fourth-order valence-electron chi connectivity index (χ4n) is 4.05. The fourth-order valence-corrected chi connectivity index (χ4v) is 4.98. The van der Waals surface area contributed by atoms with Crippen molar-refractivity contribution in [3.8, 4) is 5.75 Å². The van der Waals surface area contributed by atoms with Gasteiger partial charge in [-0.05, 0) is 53.6 Å². The summed E-state index contributed by atoms with van der Waals surface area (Å²) >= 11 is 1.92. The molecule has 2 aliphatic heterocycles. The topological polar surface area (TPSA) is 28.3 Å². The molecule has 0 radical (unpaired) electrons. The normalized spacial score (nSPS) is 20.5. The molecule has 2 aromatic heterocycles. The largest absolute Gasteiger partial charge is 0.497 e. The zero-order valence-corrected chi connectivity index (χ0v) is 13.4. The van der Waals surface area contributed by atoms with Gasteiger partial charge in [-0.1, -0.05) is 0 Å². The Kier molecular flexibility index (Phi) is 2.67. The molecule has 4 heteroatoms. The number of H-pyrrole nitrogens is 1. The van der Waals surface area contributed by atoms with Crippen molar-refractivity contribution < 1.29 is 4.74 Å². The second-order valence-electron chi connectivity index (χ2n) is 6.23. The number of methoxy groups -OCH3 is 1. The van der Waals surface area contributed by atoms with Crippen LogP contribution in [0.5, 0.6) is 5.75 Å². The monoisotopic (exact) mass is 310 g/mol. The lowest BCUT2D eigenvalue weighted by atomic mass is 9.89. The zero-order valence-electron chi connectivity index (χ0n) is 12.6. The summed E-state index contributed by atoms with van der Waals surface area (Å²) in [5, 5.41) is 3.58. The summed E-state index contributed by atoms with van der Waals surface area (Å²) in [7, 11) is 1.74. The number of fused-ring (bicyclic) bond motifs is 6. The molecular formula is C18H18N2OS. The van der Waals surface area contributed by atoms with Crippen LogP contribution in [0, 0.1) is 0 Å². The third-order valence-electron chi connectivity index (χ3n) is 5.17. The second kappa shape index (κ2) is 4.61. The molecular weight excluding hydrogens is 292 g/mol. The first-order valence-corrected chi connectivity index (χ1v) is 8.69. The van der Waals surface area contributed by atoms with Gasteiger partial charge in [-0.2, -0.15) is 0 Å². The number of aromatic amines is 1. The van der Waals surface area contributed by atoms with Crippen LogP contribution in [0.15, 0.2) is 29.6 Å². The van der Waals surface area contributed by atoms with Crippen LogP contribution in [0.4, 0.5) is 0 Å². The number of rotatable bonds is 1. The molecule has 0 saturated heterocycles. The Labute approximate surface area is 133 Å². The molecule has 0 aliphatic carbocycles. The van der Waals surface area contributed by atoms with E-state index < -0.39 is 0 Å². The van der Waals surface area contributed by atoms with E-state index in [4.69, 9.17) is 4.74 Å². The van der Waals surface area contributed by atoms with Crippen molar-refractivity contribution in [2.45, 2.75) is 25.4 Å². The molecule has 1 atom stereocenters. The average molecular weight is 310 g/mol. The summed E-state index contributed by atoms with van der Waals surface area (Å²) < 4.78 is 5.41. The van der Waals surface area contributed by atoms with E-state index in [1.54, 1.807) is 17.6 Å². The van der Waals surface area contributed by atoms with Crippen molar-refractivity contribution in [2.24, 2.45) is 0 Å². The van der Waals surface area contributed by atoms with Crippen LogP contribution >= 0.6 is 11.3 Å². The highest BCUT2D eigenvalue weighted by Gasteiger charge is 2.34. The number of nitrogens with one attached hydrogen (secondary N) is 1. The smallest absolute Gasteiger partial charge is 0.119 e. The van der Waals surface area contributed by atoms with Gasteiger partial charge in [0.05, 0.1) is 7.11 Å². The summed E-state index contributed by atoms with van der Waals surface area (Å²) in [4.78, 5) is 7.84. The molecule has 22 heavy (non-hydrogen) atoms. The maximum Gasteiger partial charge on any atom is 0.119 e. The second-order valence-corrected chi connectivity index (χ2v) is 7.23. The number of thiophene rings is 1. The molecule has 4 heterocycles. The number of hydrogen-bond acceptors (Lipinski definition) is 3. The summed E-state index contributed by atoms with van der Waals surface area (Å²) in [5.74, 6) is 0.941. The van der Waals surface area contributed by atoms with Crippen LogP contribution in [0.2, 0.25) is 0 Å². The number of hydrogen-bond donors (Lipinski definition) is 1. The van der Waals surface area contributed by atoms with Gasteiger partial charge >= 0.3 is 0 Å². The molecule has 0 fully saturated rings. The Bertz CT molecular complexity index is 863. The van der Waals surface area contributed by atoms with E-state index >= 15 is 0 Å². The first-order chi connectivity index (χ1) is 10.8. The molecule has 5 rings (SSSR count). The molecule has 0 spiro atoms. The number of ether oxygens (including phenoxy) is 1. The lowest BCUT2D eigenvalue weighted by molar-refractivity contribution is 0.161. The van der Waals surface area contributed by atoms with Crippen molar-refractivity contribution in [1.82, 2.24) is 9.88 Å². The quantitative estimate of drug-likeness (QED) is 0.738. The number of nitrogens with zero attached hydrogens (tertiary/aromatic N) is 1. The van der Waals surface area contributed by atoms with E-state index in [1.807, 2.05) is 17.4 Å². The van der Waals surface area contributed by atoms with Crippen LogP contribution in [0.25, 0.3) is 10.9 Å². The standard InChI is InChI=1S/C18H18N2OS/c1-21-11-2-3-15-13(8-11)14-9-17-12-5-7-22-18(12)4-6-20(17)10-16(14)19-15/h2-3,5,7-8,17,19H,4,6,9-10H2,1H3/t17-/m1/s1.